The van der Waals surface area contributed by atoms with Gasteiger partial charge in [0.25, 0.3) is 0 Å². The fourth-order valence-electron chi connectivity index (χ4n) is 2.55. The molecule has 0 spiro atoms. The molecular formula is C13H15ClF3N. The number of hydrogen-bond donors (Lipinski definition) is 1. The van der Waals surface area contributed by atoms with Gasteiger partial charge in [-0.25, -0.2) is 0 Å². The molecule has 18 heavy (non-hydrogen) atoms. The monoisotopic (exact) mass is 277 g/mol. The minimum Gasteiger partial charge on any atom is -0.324 e. The Bertz CT molecular complexity index is 425. The SMILES string of the molecule is N[C@@H](c1cc(C(F)(F)F)ccc1Cl)C1CCCC1. The molecule has 0 aliphatic heterocycles. The normalized spacial score (nSPS) is 19.2. The van der Waals surface area contributed by atoms with Crippen LogP contribution in [-0.4, -0.2) is 0 Å². The Balaban J connectivity index is 2.31. The molecule has 2 rings (SSSR count). The number of benzene rings is 1. The van der Waals surface area contributed by atoms with Crippen LogP contribution in [-0.2, 0) is 6.18 Å². The van der Waals surface area contributed by atoms with Gasteiger partial charge in [0.05, 0.1) is 5.56 Å². The van der Waals surface area contributed by atoms with Gasteiger partial charge in [-0.15, -0.1) is 0 Å². The highest BCUT2D eigenvalue weighted by Crippen LogP contribution is 2.39. The third-order valence-electron chi connectivity index (χ3n) is 3.59. The van der Waals surface area contributed by atoms with Crippen LogP contribution in [0.2, 0.25) is 5.02 Å². The zero-order valence-corrected chi connectivity index (χ0v) is 10.6. The number of hydrogen-bond acceptors (Lipinski definition) is 1. The van der Waals surface area contributed by atoms with Crippen molar-refractivity contribution in [2.24, 2.45) is 11.7 Å². The Morgan fingerprint density at radius 3 is 2.39 bits per heavy atom. The number of alkyl halides is 3. The summed E-state index contributed by atoms with van der Waals surface area (Å²) >= 11 is 5.97. The van der Waals surface area contributed by atoms with Gasteiger partial charge in [0.2, 0.25) is 0 Å². The van der Waals surface area contributed by atoms with Crippen LogP contribution in [0.1, 0.15) is 42.9 Å². The molecule has 0 bridgehead atoms. The predicted octanol–water partition coefficient (Wildman–Crippen LogP) is 4.55. The lowest BCUT2D eigenvalue weighted by molar-refractivity contribution is -0.137. The van der Waals surface area contributed by atoms with Crippen LogP contribution in [0.25, 0.3) is 0 Å². The fraction of sp³-hybridized carbons (Fsp3) is 0.538. The quantitative estimate of drug-likeness (QED) is 0.843. The van der Waals surface area contributed by atoms with Gasteiger partial charge in [0.15, 0.2) is 0 Å². The van der Waals surface area contributed by atoms with E-state index in [9.17, 15) is 13.2 Å². The molecule has 100 valence electrons. The lowest BCUT2D eigenvalue weighted by atomic mass is 9.91. The Kier molecular flexibility index (Phi) is 3.87. The highest BCUT2D eigenvalue weighted by molar-refractivity contribution is 6.31. The van der Waals surface area contributed by atoms with Gasteiger partial charge in [0.1, 0.15) is 0 Å². The van der Waals surface area contributed by atoms with Gasteiger partial charge >= 0.3 is 6.18 Å². The molecular weight excluding hydrogens is 263 g/mol. The van der Waals surface area contributed by atoms with Gasteiger partial charge in [-0.1, -0.05) is 24.4 Å². The molecule has 1 aromatic rings. The fourth-order valence-corrected chi connectivity index (χ4v) is 2.79. The van der Waals surface area contributed by atoms with Crippen molar-refractivity contribution in [1.29, 1.82) is 0 Å². The van der Waals surface area contributed by atoms with Gasteiger partial charge in [-0.2, -0.15) is 13.2 Å². The molecule has 0 amide bonds. The third-order valence-corrected chi connectivity index (χ3v) is 3.93. The molecule has 0 heterocycles. The molecule has 0 radical (unpaired) electrons. The van der Waals surface area contributed by atoms with Crippen molar-refractivity contribution in [3.05, 3.63) is 34.3 Å². The minimum absolute atomic E-state index is 0.242. The first-order valence-electron chi connectivity index (χ1n) is 6.02. The molecule has 1 nitrogen and oxygen atoms in total. The van der Waals surface area contributed by atoms with Crippen molar-refractivity contribution in [1.82, 2.24) is 0 Å². The summed E-state index contributed by atoms with van der Waals surface area (Å²) in [6, 6.07) is 2.97. The Hall–Kier alpha value is -0.740. The van der Waals surface area contributed by atoms with Crippen molar-refractivity contribution in [3.8, 4) is 0 Å². The standard InChI is InChI=1S/C13H15ClF3N/c14-11-6-5-9(13(15,16)17)7-10(11)12(18)8-3-1-2-4-8/h5-8,12H,1-4,18H2/t12-/m1/s1. The van der Waals surface area contributed by atoms with Crippen LogP contribution in [0, 0.1) is 5.92 Å². The molecule has 1 aliphatic rings. The topological polar surface area (TPSA) is 26.0 Å². The van der Waals surface area contributed by atoms with Crippen LogP contribution in [0.5, 0.6) is 0 Å². The molecule has 0 unspecified atom stereocenters. The maximum Gasteiger partial charge on any atom is 0.416 e. The first-order chi connectivity index (χ1) is 8.39. The second-order valence-electron chi connectivity index (χ2n) is 4.80. The van der Waals surface area contributed by atoms with E-state index in [2.05, 4.69) is 0 Å². The van der Waals surface area contributed by atoms with Gasteiger partial charge < -0.3 is 5.73 Å². The number of nitrogens with two attached hydrogens (primary N) is 1. The van der Waals surface area contributed by atoms with Crippen LogP contribution in [0.15, 0.2) is 18.2 Å². The maximum absolute atomic E-state index is 12.7. The Morgan fingerprint density at radius 1 is 1.22 bits per heavy atom. The highest BCUT2D eigenvalue weighted by Gasteiger charge is 2.32. The lowest BCUT2D eigenvalue weighted by Crippen LogP contribution is -2.20. The summed E-state index contributed by atoms with van der Waals surface area (Å²) in [6.45, 7) is 0. The van der Waals surface area contributed by atoms with E-state index in [4.69, 9.17) is 17.3 Å². The summed E-state index contributed by atoms with van der Waals surface area (Å²) in [5.41, 5.74) is 5.79. The second-order valence-corrected chi connectivity index (χ2v) is 5.21. The smallest absolute Gasteiger partial charge is 0.324 e. The second kappa shape index (κ2) is 5.10. The number of halogens is 4. The Morgan fingerprint density at radius 2 is 1.83 bits per heavy atom. The molecule has 0 saturated heterocycles. The lowest BCUT2D eigenvalue weighted by Gasteiger charge is -2.21. The van der Waals surface area contributed by atoms with Gasteiger partial charge in [0, 0.05) is 11.1 Å². The van der Waals surface area contributed by atoms with Crippen molar-refractivity contribution in [3.63, 3.8) is 0 Å². The summed E-state index contributed by atoms with van der Waals surface area (Å²) in [6.07, 6.45) is -0.236. The first-order valence-corrected chi connectivity index (χ1v) is 6.39. The van der Waals surface area contributed by atoms with Crippen molar-refractivity contribution in [2.45, 2.75) is 37.9 Å². The van der Waals surface area contributed by atoms with Crippen LogP contribution in [0.3, 0.4) is 0 Å². The van der Waals surface area contributed by atoms with Crippen molar-refractivity contribution in [2.75, 3.05) is 0 Å². The highest BCUT2D eigenvalue weighted by atomic mass is 35.5. The van der Waals surface area contributed by atoms with Gasteiger partial charge in [-0.05, 0) is 42.5 Å². The van der Waals surface area contributed by atoms with E-state index in [1.807, 2.05) is 0 Å². The Labute approximate surface area is 109 Å². The largest absolute Gasteiger partial charge is 0.416 e. The van der Waals surface area contributed by atoms with Crippen LogP contribution < -0.4 is 5.73 Å². The molecule has 1 fully saturated rings. The van der Waals surface area contributed by atoms with E-state index >= 15 is 0 Å². The molecule has 2 N–H and O–H groups in total. The average molecular weight is 278 g/mol. The van der Waals surface area contributed by atoms with E-state index in [1.54, 1.807) is 0 Å². The summed E-state index contributed by atoms with van der Waals surface area (Å²) in [7, 11) is 0. The average Bonchev–Trinajstić information content (AvgIpc) is 2.80. The van der Waals surface area contributed by atoms with E-state index in [-0.39, 0.29) is 5.92 Å². The van der Waals surface area contributed by atoms with Crippen molar-refractivity contribution >= 4 is 11.6 Å². The molecule has 1 aromatic carbocycles. The molecule has 5 heteroatoms. The van der Waals surface area contributed by atoms with Crippen molar-refractivity contribution < 1.29 is 13.2 Å². The number of rotatable bonds is 2. The first kappa shape index (κ1) is 13.7. The van der Waals surface area contributed by atoms with E-state index in [0.717, 1.165) is 37.8 Å². The molecule has 0 aromatic heterocycles. The van der Waals surface area contributed by atoms with E-state index in [1.165, 1.54) is 6.07 Å². The summed E-state index contributed by atoms with van der Waals surface area (Å²) in [4.78, 5) is 0. The summed E-state index contributed by atoms with van der Waals surface area (Å²) < 4.78 is 38.0. The third kappa shape index (κ3) is 2.81. The molecule has 1 atom stereocenters. The summed E-state index contributed by atoms with van der Waals surface area (Å²) in [5, 5.41) is 0.322. The van der Waals surface area contributed by atoms with Crippen LogP contribution >= 0.6 is 11.6 Å². The predicted molar refractivity (Wildman–Crippen MR) is 65.3 cm³/mol. The zero-order chi connectivity index (χ0) is 13.3. The minimum atomic E-state index is -4.35. The summed E-state index contributed by atoms with van der Waals surface area (Å²) in [5.74, 6) is 0.242. The maximum atomic E-state index is 12.7. The van der Waals surface area contributed by atoms with Gasteiger partial charge in [-0.3, -0.25) is 0 Å². The van der Waals surface area contributed by atoms with Crippen LogP contribution in [0.4, 0.5) is 13.2 Å². The zero-order valence-electron chi connectivity index (χ0n) is 9.80. The van der Waals surface area contributed by atoms with E-state index in [0.29, 0.717) is 10.6 Å². The van der Waals surface area contributed by atoms with E-state index < -0.39 is 17.8 Å². The molecule has 1 aliphatic carbocycles. The molecule has 1 saturated carbocycles.